The topological polar surface area (TPSA) is 78.3 Å². The average Bonchev–Trinajstić information content (AvgIpc) is 3.01. The molecule has 1 saturated carbocycles. The first-order chi connectivity index (χ1) is 7.20. The smallest absolute Gasteiger partial charge is 0.249 e. The van der Waals surface area contributed by atoms with Gasteiger partial charge in [-0.1, -0.05) is 6.07 Å². The minimum atomic E-state index is -0.461. The Labute approximate surface area is 88.2 Å². The van der Waals surface area contributed by atoms with Gasteiger partial charge in [0.1, 0.15) is 5.75 Å². The summed E-state index contributed by atoms with van der Waals surface area (Å²) in [7, 11) is 0. The van der Waals surface area contributed by atoms with Gasteiger partial charge < -0.3 is 16.2 Å². The molecule has 0 bridgehead atoms. The molecule has 0 aromatic heterocycles. The van der Waals surface area contributed by atoms with E-state index in [9.17, 15) is 4.79 Å². The van der Waals surface area contributed by atoms with Gasteiger partial charge in [-0.2, -0.15) is 0 Å². The predicted octanol–water partition coefficient (Wildman–Crippen LogP) is 0.785. The van der Waals surface area contributed by atoms with E-state index >= 15 is 0 Å². The predicted molar refractivity (Wildman–Crippen MR) is 56.5 cm³/mol. The molecule has 0 heterocycles. The normalized spacial score (nSPS) is 15.0. The molecular weight excluding hydrogens is 192 g/mol. The Kier molecular flexibility index (Phi) is 2.60. The van der Waals surface area contributed by atoms with Crippen molar-refractivity contribution in [2.75, 3.05) is 0 Å². The molecule has 80 valence electrons. The summed E-state index contributed by atoms with van der Waals surface area (Å²) >= 11 is 0. The average molecular weight is 206 g/mol. The maximum Gasteiger partial charge on any atom is 0.249 e. The van der Waals surface area contributed by atoms with E-state index in [1.807, 2.05) is 6.07 Å². The molecule has 1 aliphatic carbocycles. The molecule has 1 fully saturated rings. The molecule has 4 N–H and O–H groups in total. The van der Waals surface area contributed by atoms with Crippen molar-refractivity contribution in [3.05, 3.63) is 29.3 Å². The number of carbonyl (C=O) groups excluding carboxylic acids is 1. The van der Waals surface area contributed by atoms with E-state index in [1.54, 1.807) is 12.1 Å². The molecular formula is C11H14N2O2. The number of benzene rings is 1. The first kappa shape index (κ1) is 9.98. The SMILES string of the molecule is NCc1ccc(OC2CC2)cc1C(N)=O. The minimum Gasteiger partial charge on any atom is -0.490 e. The maximum atomic E-state index is 11.1. The molecule has 0 spiro atoms. The number of primary amides is 1. The highest BCUT2D eigenvalue weighted by Crippen LogP contribution is 2.27. The van der Waals surface area contributed by atoms with Gasteiger partial charge in [-0.15, -0.1) is 0 Å². The van der Waals surface area contributed by atoms with Crippen LogP contribution in [0.2, 0.25) is 0 Å². The van der Waals surface area contributed by atoms with Crippen LogP contribution in [0.4, 0.5) is 0 Å². The molecule has 1 amide bonds. The highest BCUT2D eigenvalue weighted by atomic mass is 16.5. The molecule has 15 heavy (non-hydrogen) atoms. The lowest BCUT2D eigenvalue weighted by Crippen LogP contribution is -2.15. The molecule has 4 nitrogen and oxygen atoms in total. The highest BCUT2D eigenvalue weighted by Gasteiger charge is 2.23. The molecule has 4 heteroatoms. The van der Waals surface area contributed by atoms with E-state index in [-0.39, 0.29) is 0 Å². The van der Waals surface area contributed by atoms with Crippen LogP contribution < -0.4 is 16.2 Å². The second-order valence-electron chi connectivity index (χ2n) is 3.70. The quantitative estimate of drug-likeness (QED) is 0.764. The summed E-state index contributed by atoms with van der Waals surface area (Å²) in [6.07, 6.45) is 2.49. The van der Waals surface area contributed by atoms with Crippen molar-refractivity contribution >= 4 is 5.91 Å². The Morgan fingerprint density at radius 3 is 2.73 bits per heavy atom. The van der Waals surface area contributed by atoms with Crippen LogP contribution in [0.15, 0.2) is 18.2 Å². The van der Waals surface area contributed by atoms with Gasteiger partial charge in [-0.3, -0.25) is 4.79 Å². The van der Waals surface area contributed by atoms with E-state index in [4.69, 9.17) is 16.2 Å². The van der Waals surface area contributed by atoms with Crippen molar-refractivity contribution in [1.29, 1.82) is 0 Å². The Hall–Kier alpha value is -1.55. The zero-order chi connectivity index (χ0) is 10.8. The monoisotopic (exact) mass is 206 g/mol. The van der Waals surface area contributed by atoms with Gasteiger partial charge in [-0.05, 0) is 30.5 Å². The first-order valence-corrected chi connectivity index (χ1v) is 5.00. The lowest BCUT2D eigenvalue weighted by Gasteiger charge is -2.08. The molecule has 0 aliphatic heterocycles. The van der Waals surface area contributed by atoms with Crippen LogP contribution in [-0.4, -0.2) is 12.0 Å². The van der Waals surface area contributed by atoms with Gasteiger partial charge in [0.2, 0.25) is 5.91 Å². The Bertz CT molecular complexity index is 386. The van der Waals surface area contributed by atoms with Gasteiger partial charge in [0.25, 0.3) is 0 Å². The van der Waals surface area contributed by atoms with E-state index in [0.717, 1.165) is 18.4 Å². The fourth-order valence-electron chi connectivity index (χ4n) is 1.41. The van der Waals surface area contributed by atoms with E-state index in [2.05, 4.69) is 0 Å². The summed E-state index contributed by atoms with van der Waals surface area (Å²) in [4.78, 5) is 11.1. The fourth-order valence-corrected chi connectivity index (χ4v) is 1.41. The number of nitrogens with two attached hydrogens (primary N) is 2. The van der Waals surface area contributed by atoms with Gasteiger partial charge >= 0.3 is 0 Å². The lowest BCUT2D eigenvalue weighted by molar-refractivity contribution is 0.0999. The molecule has 1 aromatic rings. The van der Waals surface area contributed by atoms with Crippen molar-refractivity contribution in [2.45, 2.75) is 25.5 Å². The number of ether oxygens (including phenoxy) is 1. The van der Waals surface area contributed by atoms with Crippen LogP contribution in [0.25, 0.3) is 0 Å². The van der Waals surface area contributed by atoms with E-state index in [1.165, 1.54) is 0 Å². The second-order valence-corrected chi connectivity index (χ2v) is 3.70. The summed E-state index contributed by atoms with van der Waals surface area (Å²) in [5.41, 5.74) is 12.0. The van der Waals surface area contributed by atoms with Crippen molar-refractivity contribution in [3.63, 3.8) is 0 Å². The van der Waals surface area contributed by atoms with Gasteiger partial charge in [0.05, 0.1) is 6.10 Å². The Morgan fingerprint density at radius 1 is 1.47 bits per heavy atom. The van der Waals surface area contributed by atoms with Crippen LogP contribution in [0.3, 0.4) is 0 Å². The third-order valence-electron chi connectivity index (χ3n) is 2.39. The maximum absolute atomic E-state index is 11.1. The highest BCUT2D eigenvalue weighted by molar-refractivity contribution is 5.94. The van der Waals surface area contributed by atoms with Gasteiger partial charge in [0, 0.05) is 12.1 Å². The summed E-state index contributed by atoms with van der Waals surface area (Å²) in [5, 5.41) is 0. The molecule has 0 atom stereocenters. The number of rotatable bonds is 4. The molecule has 2 rings (SSSR count). The lowest BCUT2D eigenvalue weighted by atomic mass is 10.1. The standard InChI is InChI=1S/C11H14N2O2/c12-6-7-1-2-9(15-8-3-4-8)5-10(7)11(13)14/h1-2,5,8H,3-4,6,12H2,(H2,13,14). The van der Waals surface area contributed by atoms with Crippen molar-refractivity contribution < 1.29 is 9.53 Å². The van der Waals surface area contributed by atoms with Crippen LogP contribution in [0.5, 0.6) is 5.75 Å². The van der Waals surface area contributed by atoms with Crippen molar-refractivity contribution in [1.82, 2.24) is 0 Å². The van der Waals surface area contributed by atoms with Gasteiger partial charge in [0.15, 0.2) is 0 Å². The minimum absolute atomic E-state index is 0.308. The fraction of sp³-hybridized carbons (Fsp3) is 0.364. The molecule has 1 aromatic carbocycles. The van der Waals surface area contributed by atoms with E-state index < -0.39 is 5.91 Å². The summed E-state index contributed by atoms with van der Waals surface area (Å²) in [6, 6.07) is 5.29. The first-order valence-electron chi connectivity index (χ1n) is 5.00. The summed E-state index contributed by atoms with van der Waals surface area (Å²) in [5.74, 6) is 0.236. The van der Waals surface area contributed by atoms with Crippen LogP contribution in [0.1, 0.15) is 28.8 Å². The Morgan fingerprint density at radius 2 is 2.20 bits per heavy atom. The van der Waals surface area contributed by atoms with Crippen molar-refractivity contribution in [3.8, 4) is 5.75 Å². The summed E-state index contributed by atoms with van der Waals surface area (Å²) < 4.78 is 5.57. The molecule has 0 unspecified atom stereocenters. The number of carbonyl (C=O) groups is 1. The van der Waals surface area contributed by atoms with Crippen LogP contribution >= 0.6 is 0 Å². The van der Waals surface area contributed by atoms with E-state index in [0.29, 0.717) is 24.0 Å². The third kappa shape index (κ3) is 2.27. The van der Waals surface area contributed by atoms with Crippen molar-refractivity contribution in [2.24, 2.45) is 11.5 Å². The molecule has 1 aliphatic rings. The Balaban J connectivity index is 2.26. The molecule has 0 radical (unpaired) electrons. The zero-order valence-corrected chi connectivity index (χ0v) is 8.40. The summed E-state index contributed by atoms with van der Waals surface area (Å²) in [6.45, 7) is 0.308. The molecule has 0 saturated heterocycles. The number of hydrogen-bond acceptors (Lipinski definition) is 3. The van der Waals surface area contributed by atoms with Crippen LogP contribution in [0, 0.1) is 0 Å². The van der Waals surface area contributed by atoms with Crippen LogP contribution in [-0.2, 0) is 6.54 Å². The largest absolute Gasteiger partial charge is 0.490 e. The number of amides is 1. The third-order valence-corrected chi connectivity index (χ3v) is 2.39. The zero-order valence-electron chi connectivity index (χ0n) is 8.40. The van der Waals surface area contributed by atoms with Gasteiger partial charge in [-0.25, -0.2) is 0 Å². The number of hydrogen-bond donors (Lipinski definition) is 2. The second kappa shape index (κ2) is 3.90.